The van der Waals surface area contributed by atoms with Gasteiger partial charge in [-0.15, -0.1) is 0 Å². The van der Waals surface area contributed by atoms with E-state index in [0.717, 1.165) is 12.1 Å². The summed E-state index contributed by atoms with van der Waals surface area (Å²) in [6, 6.07) is 23.0. The quantitative estimate of drug-likeness (QED) is 0.183. The molecule has 4 aromatic rings. The second-order valence-electron chi connectivity index (χ2n) is 6.90. The van der Waals surface area contributed by atoms with Crippen LogP contribution in [0.3, 0.4) is 0 Å². The number of benzene rings is 3. The molecule has 0 bridgehead atoms. The molecule has 0 spiro atoms. The van der Waals surface area contributed by atoms with E-state index in [-0.39, 0.29) is 28.0 Å². The van der Waals surface area contributed by atoms with Crippen LogP contribution < -0.4 is 0 Å². The molecule has 0 aliphatic carbocycles. The maximum Gasteiger partial charge on any atom is 0.212 e. The highest BCUT2D eigenvalue weighted by Crippen LogP contribution is 2.24. The molecule has 32 heavy (non-hydrogen) atoms. The molecule has 0 N–H and O–H groups in total. The summed E-state index contributed by atoms with van der Waals surface area (Å²) in [6.07, 6.45) is 2.92. The Balaban J connectivity index is 1.99. The Morgan fingerprint density at radius 2 is 1.12 bits per heavy atom. The Bertz CT molecular complexity index is 1240. The molecular weight excluding hydrogens is 407 g/mol. The lowest BCUT2D eigenvalue weighted by molar-refractivity contribution is 0.0950. The van der Waals surface area contributed by atoms with Crippen LogP contribution in [0.25, 0.3) is 5.70 Å². The number of aromatic nitrogens is 2. The smallest absolute Gasteiger partial charge is 0.212 e. The van der Waals surface area contributed by atoms with Gasteiger partial charge in [0.1, 0.15) is 17.1 Å². The highest BCUT2D eigenvalue weighted by molar-refractivity contribution is 6.41. The second kappa shape index (κ2) is 9.14. The van der Waals surface area contributed by atoms with Crippen molar-refractivity contribution in [3.63, 3.8) is 0 Å². The van der Waals surface area contributed by atoms with Crippen molar-refractivity contribution in [3.05, 3.63) is 131 Å². The Morgan fingerprint density at radius 1 is 0.625 bits per heavy atom. The summed E-state index contributed by atoms with van der Waals surface area (Å²) < 4.78 is 14.6. The summed E-state index contributed by atoms with van der Waals surface area (Å²) in [5.74, 6) is -2.36. The molecule has 5 nitrogen and oxygen atoms in total. The third kappa shape index (κ3) is 4.20. The van der Waals surface area contributed by atoms with Crippen molar-refractivity contribution in [1.29, 1.82) is 0 Å². The molecule has 0 atom stereocenters. The lowest BCUT2D eigenvalue weighted by Gasteiger charge is -2.14. The number of hydrogen-bond acceptors (Lipinski definition) is 4. The molecule has 156 valence electrons. The van der Waals surface area contributed by atoms with Gasteiger partial charge in [-0.25, -0.2) is 9.07 Å². The number of carbonyl (C=O) groups is 3. The van der Waals surface area contributed by atoms with E-state index in [1.807, 2.05) is 0 Å². The minimum Gasteiger partial charge on any atom is -0.288 e. The summed E-state index contributed by atoms with van der Waals surface area (Å²) >= 11 is 0. The van der Waals surface area contributed by atoms with Gasteiger partial charge in [-0.2, -0.15) is 5.10 Å². The lowest BCUT2D eigenvalue weighted by Crippen LogP contribution is -2.23. The zero-order valence-electron chi connectivity index (χ0n) is 16.8. The van der Waals surface area contributed by atoms with E-state index in [0.29, 0.717) is 0 Å². The first-order valence-electron chi connectivity index (χ1n) is 9.80. The van der Waals surface area contributed by atoms with Gasteiger partial charge in [-0.3, -0.25) is 14.4 Å². The fourth-order valence-electron chi connectivity index (χ4n) is 3.26. The Morgan fingerprint density at radius 3 is 1.59 bits per heavy atom. The highest BCUT2D eigenvalue weighted by Gasteiger charge is 2.31. The van der Waals surface area contributed by atoms with E-state index in [1.165, 1.54) is 29.2 Å². The zero-order chi connectivity index (χ0) is 22.5. The summed E-state index contributed by atoms with van der Waals surface area (Å²) in [6.45, 7) is 0. The molecule has 1 aromatic heterocycles. The van der Waals surface area contributed by atoms with Crippen molar-refractivity contribution in [2.45, 2.75) is 0 Å². The maximum absolute atomic E-state index is 13.6. The number of ketones is 3. The van der Waals surface area contributed by atoms with Gasteiger partial charge in [-0.1, -0.05) is 60.7 Å². The van der Waals surface area contributed by atoms with Crippen LogP contribution in [0.1, 0.15) is 31.1 Å². The van der Waals surface area contributed by atoms with Gasteiger partial charge in [0.2, 0.25) is 5.78 Å². The van der Waals surface area contributed by atoms with Gasteiger partial charge in [-0.05, 0) is 30.3 Å². The first-order chi connectivity index (χ1) is 15.6. The number of rotatable bonds is 7. The normalized spacial score (nSPS) is 10.4. The van der Waals surface area contributed by atoms with E-state index in [4.69, 9.17) is 0 Å². The predicted molar refractivity (Wildman–Crippen MR) is 118 cm³/mol. The van der Waals surface area contributed by atoms with E-state index >= 15 is 0 Å². The SMILES string of the molecule is O=C(C(C(=O)c1ccccc1)=C(C(=O)c1ccc(F)cc1)n1cccn1)c1ccccc1. The molecule has 0 amide bonds. The van der Waals surface area contributed by atoms with Crippen molar-refractivity contribution < 1.29 is 18.8 Å². The van der Waals surface area contributed by atoms with Crippen molar-refractivity contribution >= 4 is 23.0 Å². The molecule has 1 heterocycles. The number of hydrogen-bond donors (Lipinski definition) is 0. The second-order valence-corrected chi connectivity index (χ2v) is 6.90. The van der Waals surface area contributed by atoms with E-state index in [1.54, 1.807) is 66.7 Å². The number of halogens is 1. The molecular formula is C26H17FN2O3. The summed E-state index contributed by atoms with van der Waals surface area (Å²) in [4.78, 5) is 40.6. The molecule has 4 rings (SSSR count). The first-order valence-corrected chi connectivity index (χ1v) is 9.80. The van der Waals surface area contributed by atoms with Crippen molar-refractivity contribution in [2.24, 2.45) is 0 Å². The first kappa shape index (κ1) is 20.8. The van der Waals surface area contributed by atoms with Gasteiger partial charge in [0.15, 0.2) is 11.6 Å². The van der Waals surface area contributed by atoms with Crippen LogP contribution in [0, 0.1) is 5.82 Å². The van der Waals surface area contributed by atoms with E-state index in [9.17, 15) is 18.8 Å². The van der Waals surface area contributed by atoms with Gasteiger partial charge >= 0.3 is 0 Å². The maximum atomic E-state index is 13.6. The molecule has 0 aliphatic heterocycles. The van der Waals surface area contributed by atoms with E-state index in [2.05, 4.69) is 5.10 Å². The fraction of sp³-hybridized carbons (Fsp3) is 0. The molecule has 0 aliphatic rings. The van der Waals surface area contributed by atoms with Crippen LogP contribution in [-0.4, -0.2) is 27.1 Å². The van der Waals surface area contributed by atoms with Gasteiger partial charge in [0.25, 0.3) is 0 Å². The zero-order valence-corrected chi connectivity index (χ0v) is 16.8. The van der Waals surface area contributed by atoms with E-state index < -0.39 is 23.2 Å². The Hall–Kier alpha value is -4.45. The third-order valence-electron chi connectivity index (χ3n) is 4.82. The Kier molecular flexibility index (Phi) is 5.94. The van der Waals surface area contributed by atoms with Gasteiger partial charge in [0, 0.05) is 29.1 Å². The average Bonchev–Trinajstić information content (AvgIpc) is 3.37. The number of carbonyl (C=O) groups excluding carboxylic acids is 3. The van der Waals surface area contributed by atoms with Crippen molar-refractivity contribution in [3.8, 4) is 0 Å². The van der Waals surface area contributed by atoms with Crippen molar-refractivity contribution in [1.82, 2.24) is 9.78 Å². The minimum atomic E-state index is -0.628. The molecule has 0 saturated carbocycles. The largest absolute Gasteiger partial charge is 0.288 e. The van der Waals surface area contributed by atoms with Crippen LogP contribution in [0.2, 0.25) is 0 Å². The third-order valence-corrected chi connectivity index (χ3v) is 4.82. The molecule has 6 heteroatoms. The van der Waals surface area contributed by atoms with Crippen LogP contribution in [0.15, 0.2) is 109 Å². The highest BCUT2D eigenvalue weighted by atomic mass is 19.1. The van der Waals surface area contributed by atoms with Crippen molar-refractivity contribution in [2.75, 3.05) is 0 Å². The minimum absolute atomic E-state index is 0.121. The lowest BCUT2D eigenvalue weighted by atomic mass is 9.91. The van der Waals surface area contributed by atoms with Gasteiger partial charge in [0.05, 0.1) is 0 Å². The van der Waals surface area contributed by atoms with Crippen LogP contribution in [0.5, 0.6) is 0 Å². The summed E-state index contributed by atoms with van der Waals surface area (Å²) in [5.41, 5.74) is 0.104. The predicted octanol–water partition coefficient (Wildman–Crippen LogP) is 4.88. The number of Topliss-reactive ketones (excluding diaryl/α,β-unsaturated/α-hetero) is 3. The number of allylic oxidation sites excluding steroid dienone is 2. The molecule has 0 unspecified atom stereocenters. The standard InChI is InChI=1S/C26H17FN2O3/c27-21-14-12-20(13-15-21)26(32)23(29-17-7-16-28-29)22(24(30)18-8-3-1-4-9-18)25(31)19-10-5-2-6-11-19/h1-17H. The van der Waals surface area contributed by atoms with Gasteiger partial charge < -0.3 is 0 Å². The van der Waals surface area contributed by atoms with Crippen LogP contribution in [0.4, 0.5) is 4.39 Å². The Labute approximate surface area is 183 Å². The van der Waals surface area contributed by atoms with Crippen LogP contribution >= 0.6 is 0 Å². The fourth-order valence-corrected chi connectivity index (χ4v) is 3.26. The topological polar surface area (TPSA) is 69.0 Å². The molecule has 0 radical (unpaired) electrons. The van der Waals surface area contributed by atoms with Crippen LogP contribution in [-0.2, 0) is 0 Å². The molecule has 0 saturated heterocycles. The summed E-state index contributed by atoms with van der Waals surface area (Å²) in [5, 5.41) is 4.11. The average molecular weight is 424 g/mol. The molecule has 3 aromatic carbocycles. The summed E-state index contributed by atoms with van der Waals surface area (Å²) in [7, 11) is 0. The number of nitrogens with zero attached hydrogens (tertiary/aromatic N) is 2. The monoisotopic (exact) mass is 424 g/mol. The molecule has 0 fully saturated rings.